The molecule has 0 aliphatic carbocycles. The van der Waals surface area contributed by atoms with E-state index < -0.39 is 0 Å². The molecular weight excluding hydrogens is 156 g/mol. The van der Waals surface area contributed by atoms with Crippen LogP contribution in [0.3, 0.4) is 0 Å². The number of hydrogen-bond acceptors (Lipinski definition) is 3. The van der Waals surface area contributed by atoms with Crippen molar-refractivity contribution in [1.29, 1.82) is 0 Å². The van der Waals surface area contributed by atoms with Gasteiger partial charge in [0.05, 0.1) is 0 Å². The normalized spacial score (nSPS) is 16.9. The van der Waals surface area contributed by atoms with E-state index >= 15 is 0 Å². The lowest BCUT2D eigenvalue weighted by molar-refractivity contribution is 0.437. The molecule has 0 bridgehead atoms. The first-order chi connectivity index (χ1) is 5.36. The van der Waals surface area contributed by atoms with Crippen LogP contribution in [-0.4, -0.2) is 30.3 Å². The van der Waals surface area contributed by atoms with Crippen molar-refractivity contribution >= 4 is 12.6 Å². The minimum Gasteiger partial charge on any atom is -0.373 e. The van der Waals surface area contributed by atoms with Crippen LogP contribution in [0.2, 0.25) is 0 Å². The summed E-state index contributed by atoms with van der Waals surface area (Å²) in [5, 5.41) is 0. The van der Waals surface area contributed by atoms with Crippen LogP contribution in [0.5, 0.6) is 0 Å². The second-order valence-corrected chi connectivity index (χ2v) is 2.96. The number of nitrogens with two attached hydrogens (primary N) is 1. The molecule has 3 heteroatoms. The lowest BCUT2D eigenvalue weighted by Crippen LogP contribution is -2.23. The standard InChI is InChI=1S/C8H14N2S/c9-7-8-1-3-10(4-2-8)5-6-11/h1-3,11H,4-7,9H2. The Balaban J connectivity index is 2.37. The molecule has 0 aromatic carbocycles. The molecule has 1 rings (SSSR count). The third kappa shape index (κ3) is 2.60. The van der Waals surface area contributed by atoms with Crippen LogP contribution < -0.4 is 5.73 Å². The highest BCUT2D eigenvalue weighted by molar-refractivity contribution is 7.80. The average Bonchev–Trinajstić information content (AvgIpc) is 2.07. The van der Waals surface area contributed by atoms with E-state index in [1.54, 1.807) is 0 Å². The van der Waals surface area contributed by atoms with Crippen LogP contribution in [0.4, 0.5) is 0 Å². The van der Waals surface area contributed by atoms with Gasteiger partial charge in [0.15, 0.2) is 0 Å². The van der Waals surface area contributed by atoms with Gasteiger partial charge in [-0.05, 0) is 17.8 Å². The average molecular weight is 170 g/mol. The highest BCUT2D eigenvalue weighted by atomic mass is 32.1. The number of hydrogen-bond donors (Lipinski definition) is 2. The van der Waals surface area contributed by atoms with E-state index in [4.69, 9.17) is 5.73 Å². The Kier molecular flexibility index (Phi) is 3.52. The fraction of sp³-hybridized carbons (Fsp3) is 0.500. The van der Waals surface area contributed by atoms with E-state index in [2.05, 4.69) is 35.9 Å². The fourth-order valence-electron chi connectivity index (χ4n) is 1.01. The molecule has 1 heterocycles. The lowest BCUT2D eigenvalue weighted by Gasteiger charge is -2.21. The molecule has 1 aliphatic heterocycles. The smallest absolute Gasteiger partial charge is 0.0360 e. The molecule has 0 unspecified atom stereocenters. The Morgan fingerprint density at radius 2 is 2.45 bits per heavy atom. The van der Waals surface area contributed by atoms with Crippen molar-refractivity contribution in [2.45, 2.75) is 0 Å². The summed E-state index contributed by atoms with van der Waals surface area (Å²) < 4.78 is 0. The topological polar surface area (TPSA) is 29.3 Å². The van der Waals surface area contributed by atoms with Gasteiger partial charge in [-0.15, -0.1) is 0 Å². The van der Waals surface area contributed by atoms with Crippen molar-refractivity contribution in [3.8, 4) is 0 Å². The molecule has 0 radical (unpaired) electrons. The minimum absolute atomic E-state index is 0.644. The summed E-state index contributed by atoms with van der Waals surface area (Å²) in [5.74, 6) is 0.899. The van der Waals surface area contributed by atoms with Gasteiger partial charge in [-0.25, -0.2) is 0 Å². The fourth-order valence-corrected chi connectivity index (χ4v) is 1.27. The Labute approximate surface area is 73.2 Å². The number of rotatable bonds is 3. The van der Waals surface area contributed by atoms with Crippen LogP contribution in [0, 0.1) is 0 Å². The van der Waals surface area contributed by atoms with Gasteiger partial charge in [0, 0.05) is 25.4 Å². The van der Waals surface area contributed by atoms with Gasteiger partial charge >= 0.3 is 0 Å². The van der Waals surface area contributed by atoms with Crippen LogP contribution in [0.1, 0.15) is 0 Å². The lowest BCUT2D eigenvalue weighted by atomic mass is 10.2. The molecule has 2 nitrogen and oxygen atoms in total. The predicted octanol–water partition coefficient (Wildman–Crippen LogP) is 0.631. The second-order valence-electron chi connectivity index (χ2n) is 2.52. The maximum absolute atomic E-state index is 5.47. The number of thiol groups is 1. The highest BCUT2D eigenvalue weighted by Crippen LogP contribution is 2.04. The SMILES string of the molecule is NCC1=CCN(CCS)C=C1. The molecule has 0 amide bonds. The first-order valence-electron chi connectivity index (χ1n) is 3.79. The molecule has 0 saturated heterocycles. The van der Waals surface area contributed by atoms with E-state index in [1.807, 2.05) is 0 Å². The van der Waals surface area contributed by atoms with E-state index in [-0.39, 0.29) is 0 Å². The summed E-state index contributed by atoms with van der Waals surface area (Å²) in [6.07, 6.45) is 6.30. The van der Waals surface area contributed by atoms with Gasteiger partial charge in [-0.3, -0.25) is 0 Å². The second kappa shape index (κ2) is 4.46. The van der Waals surface area contributed by atoms with E-state index in [1.165, 1.54) is 5.57 Å². The van der Waals surface area contributed by atoms with Gasteiger partial charge in [-0.1, -0.05) is 6.08 Å². The molecule has 11 heavy (non-hydrogen) atoms. The quantitative estimate of drug-likeness (QED) is 0.608. The molecule has 1 aliphatic rings. The van der Waals surface area contributed by atoms with E-state index in [0.29, 0.717) is 6.54 Å². The summed E-state index contributed by atoms with van der Waals surface area (Å²) in [6, 6.07) is 0. The summed E-state index contributed by atoms with van der Waals surface area (Å²) in [5.41, 5.74) is 6.69. The molecule has 62 valence electrons. The van der Waals surface area contributed by atoms with Gasteiger partial charge in [0.1, 0.15) is 0 Å². The molecule has 0 saturated carbocycles. The van der Waals surface area contributed by atoms with Crippen molar-refractivity contribution in [1.82, 2.24) is 4.90 Å². The molecule has 0 fully saturated rings. The zero-order chi connectivity index (χ0) is 8.10. The maximum atomic E-state index is 5.47. The van der Waals surface area contributed by atoms with Gasteiger partial charge in [0.25, 0.3) is 0 Å². The zero-order valence-corrected chi connectivity index (χ0v) is 7.43. The Hall–Kier alpha value is -0.410. The van der Waals surface area contributed by atoms with Gasteiger partial charge in [0.2, 0.25) is 0 Å². The monoisotopic (exact) mass is 170 g/mol. The summed E-state index contributed by atoms with van der Waals surface area (Å²) in [7, 11) is 0. The molecule has 0 spiro atoms. The van der Waals surface area contributed by atoms with Crippen LogP contribution >= 0.6 is 12.6 Å². The summed E-state index contributed by atoms with van der Waals surface area (Å²) in [4.78, 5) is 2.21. The van der Waals surface area contributed by atoms with Crippen molar-refractivity contribution in [2.24, 2.45) is 5.73 Å². The van der Waals surface area contributed by atoms with Crippen LogP contribution in [-0.2, 0) is 0 Å². The van der Waals surface area contributed by atoms with Crippen LogP contribution in [0.15, 0.2) is 23.9 Å². The molecule has 0 atom stereocenters. The van der Waals surface area contributed by atoms with Crippen molar-refractivity contribution in [3.05, 3.63) is 23.9 Å². The largest absolute Gasteiger partial charge is 0.373 e. The number of nitrogens with zero attached hydrogens (tertiary/aromatic N) is 1. The van der Waals surface area contributed by atoms with Crippen molar-refractivity contribution in [3.63, 3.8) is 0 Å². The van der Waals surface area contributed by atoms with E-state index in [9.17, 15) is 0 Å². The van der Waals surface area contributed by atoms with Crippen molar-refractivity contribution < 1.29 is 0 Å². The molecule has 0 aromatic rings. The van der Waals surface area contributed by atoms with Crippen molar-refractivity contribution in [2.75, 3.05) is 25.4 Å². The molecule has 0 aromatic heterocycles. The van der Waals surface area contributed by atoms with Gasteiger partial charge in [-0.2, -0.15) is 12.6 Å². The van der Waals surface area contributed by atoms with Gasteiger partial charge < -0.3 is 10.6 Å². The Morgan fingerprint density at radius 1 is 1.64 bits per heavy atom. The molecular formula is C8H14N2S. The first-order valence-corrected chi connectivity index (χ1v) is 4.42. The third-order valence-corrected chi connectivity index (χ3v) is 1.91. The highest BCUT2D eigenvalue weighted by Gasteiger charge is 2.00. The Morgan fingerprint density at radius 3 is 2.91 bits per heavy atom. The third-order valence-electron chi connectivity index (χ3n) is 1.71. The maximum Gasteiger partial charge on any atom is 0.0360 e. The Bertz CT molecular complexity index is 175. The zero-order valence-electron chi connectivity index (χ0n) is 6.53. The van der Waals surface area contributed by atoms with Crippen LogP contribution in [0.25, 0.3) is 0 Å². The van der Waals surface area contributed by atoms with E-state index in [0.717, 1.165) is 18.8 Å². The summed E-state index contributed by atoms with van der Waals surface area (Å²) >= 11 is 4.16. The first kappa shape index (κ1) is 8.68. The minimum atomic E-state index is 0.644. The summed E-state index contributed by atoms with van der Waals surface area (Å²) in [6.45, 7) is 2.63. The predicted molar refractivity (Wildman–Crippen MR) is 51.7 cm³/mol. The molecule has 2 N–H and O–H groups in total.